The molecule has 1 aliphatic rings. The average molecular weight is 375 g/mol. The van der Waals surface area contributed by atoms with E-state index in [1.807, 2.05) is 29.3 Å². The Morgan fingerprint density at radius 2 is 1.70 bits per heavy atom. The fraction of sp³-hybridized carbons (Fsp3) is 0.278. The monoisotopic (exact) mass is 374 g/mol. The van der Waals surface area contributed by atoms with Gasteiger partial charge in [0.1, 0.15) is 6.54 Å². The predicted molar refractivity (Wildman–Crippen MR) is 94.0 cm³/mol. The van der Waals surface area contributed by atoms with Crippen molar-refractivity contribution >= 4 is 21.8 Å². The number of carbonyl (C=O) groups is 1. The average Bonchev–Trinajstić information content (AvgIpc) is 2.58. The quantitative estimate of drug-likeness (QED) is 0.850. The van der Waals surface area contributed by atoms with E-state index in [0.717, 1.165) is 37.2 Å². The third kappa shape index (κ3) is 4.64. The molecule has 0 aromatic heterocycles. The van der Waals surface area contributed by atoms with E-state index in [9.17, 15) is 4.79 Å². The smallest absolute Gasteiger partial charge is 0.265 e. The van der Waals surface area contributed by atoms with Gasteiger partial charge in [0.05, 0.1) is 26.2 Å². The maximum absolute atomic E-state index is 12.2. The number of carbonyl (C=O) groups excluding carboxylic acids is 1. The molecule has 2 aromatic rings. The highest BCUT2D eigenvalue weighted by Gasteiger charge is 2.21. The number of amides is 1. The van der Waals surface area contributed by atoms with Gasteiger partial charge in [0.25, 0.3) is 5.91 Å². The molecular weight excluding hydrogens is 354 g/mol. The fourth-order valence-electron chi connectivity index (χ4n) is 2.81. The van der Waals surface area contributed by atoms with Crippen molar-refractivity contribution in [2.45, 2.75) is 6.54 Å². The van der Waals surface area contributed by atoms with Crippen LogP contribution in [0.1, 0.15) is 15.9 Å². The van der Waals surface area contributed by atoms with E-state index >= 15 is 0 Å². The van der Waals surface area contributed by atoms with Gasteiger partial charge < -0.3 is 4.90 Å². The van der Waals surface area contributed by atoms with Crippen LogP contribution in [0, 0.1) is 0 Å². The van der Waals surface area contributed by atoms with Gasteiger partial charge in [0.15, 0.2) is 0 Å². The summed E-state index contributed by atoms with van der Waals surface area (Å²) in [6.45, 7) is 4.88. The second-order valence-electron chi connectivity index (χ2n) is 5.85. The molecule has 2 aromatic carbocycles. The number of benzene rings is 2. The Hall–Kier alpha value is -1.69. The molecule has 1 heterocycles. The number of hydrogen-bond acceptors (Lipinski definition) is 2. The summed E-state index contributed by atoms with van der Waals surface area (Å²) in [6, 6.07) is 18.0. The molecule has 0 spiro atoms. The zero-order valence-electron chi connectivity index (χ0n) is 13.0. The van der Waals surface area contributed by atoms with Crippen molar-refractivity contribution in [2.24, 2.45) is 0 Å². The number of nitrogens with zero attached hydrogens (tertiary/aromatic N) is 1. The van der Waals surface area contributed by atoms with Gasteiger partial charge in [0, 0.05) is 15.6 Å². The van der Waals surface area contributed by atoms with Crippen molar-refractivity contribution in [3.8, 4) is 0 Å². The van der Waals surface area contributed by atoms with E-state index in [2.05, 4.69) is 51.7 Å². The van der Waals surface area contributed by atoms with Crippen LogP contribution in [0.25, 0.3) is 0 Å². The molecule has 0 radical (unpaired) electrons. The molecule has 0 aliphatic carbocycles. The van der Waals surface area contributed by atoms with E-state index in [0.29, 0.717) is 5.56 Å². The first kappa shape index (κ1) is 16.2. The molecule has 5 heteroatoms. The summed E-state index contributed by atoms with van der Waals surface area (Å²) in [5, 5.41) is 2.03. The number of hydrogen-bond donors (Lipinski definition) is 2. The summed E-state index contributed by atoms with van der Waals surface area (Å²) in [7, 11) is 0. The van der Waals surface area contributed by atoms with Crippen LogP contribution in [-0.4, -0.2) is 37.1 Å². The SMILES string of the molecule is O=C(NN1CC[NH+](Cc2ccccc2)CC1)c1ccc(Br)cc1. The molecule has 120 valence electrons. The van der Waals surface area contributed by atoms with E-state index in [-0.39, 0.29) is 5.91 Å². The Balaban J connectivity index is 1.47. The van der Waals surface area contributed by atoms with Crippen LogP contribution in [0.3, 0.4) is 0 Å². The zero-order chi connectivity index (χ0) is 16.1. The Bertz CT molecular complexity index is 637. The van der Waals surface area contributed by atoms with Crippen LogP contribution in [0.4, 0.5) is 0 Å². The molecule has 3 rings (SSSR count). The zero-order valence-corrected chi connectivity index (χ0v) is 14.6. The summed E-state index contributed by atoms with van der Waals surface area (Å²) in [5.74, 6) is -0.0380. The lowest BCUT2D eigenvalue weighted by atomic mass is 10.2. The molecule has 1 fully saturated rings. The molecule has 0 saturated carbocycles. The van der Waals surface area contributed by atoms with Gasteiger partial charge in [-0.05, 0) is 24.3 Å². The molecule has 2 N–H and O–H groups in total. The van der Waals surface area contributed by atoms with Crippen molar-refractivity contribution in [3.63, 3.8) is 0 Å². The first-order valence-electron chi connectivity index (χ1n) is 7.90. The largest absolute Gasteiger partial charge is 0.329 e. The van der Waals surface area contributed by atoms with E-state index in [4.69, 9.17) is 0 Å². The van der Waals surface area contributed by atoms with Gasteiger partial charge in [0.2, 0.25) is 0 Å². The molecule has 1 saturated heterocycles. The number of hydrazine groups is 1. The summed E-state index contributed by atoms with van der Waals surface area (Å²) in [6.07, 6.45) is 0. The summed E-state index contributed by atoms with van der Waals surface area (Å²) < 4.78 is 0.979. The lowest BCUT2D eigenvalue weighted by molar-refractivity contribution is -0.918. The number of quaternary nitrogens is 1. The van der Waals surface area contributed by atoms with Gasteiger partial charge in [-0.15, -0.1) is 0 Å². The number of halogens is 1. The van der Waals surface area contributed by atoms with Gasteiger partial charge in [-0.25, -0.2) is 5.01 Å². The standard InChI is InChI=1S/C18H20BrN3O/c19-17-8-6-16(7-9-17)18(23)20-22-12-10-21(11-13-22)14-15-4-2-1-3-5-15/h1-9H,10-14H2,(H,20,23)/p+1. The molecule has 0 atom stereocenters. The molecule has 0 unspecified atom stereocenters. The molecule has 23 heavy (non-hydrogen) atoms. The highest BCUT2D eigenvalue weighted by atomic mass is 79.9. The van der Waals surface area contributed by atoms with Crippen LogP contribution in [0.5, 0.6) is 0 Å². The Morgan fingerprint density at radius 3 is 2.35 bits per heavy atom. The highest BCUT2D eigenvalue weighted by molar-refractivity contribution is 9.10. The molecule has 0 bridgehead atoms. The second kappa shape index (κ2) is 7.73. The number of rotatable bonds is 4. The van der Waals surface area contributed by atoms with E-state index < -0.39 is 0 Å². The van der Waals surface area contributed by atoms with Crippen LogP contribution >= 0.6 is 15.9 Å². The van der Waals surface area contributed by atoms with Crippen molar-refractivity contribution in [3.05, 3.63) is 70.2 Å². The minimum atomic E-state index is -0.0380. The van der Waals surface area contributed by atoms with Crippen LogP contribution in [0.15, 0.2) is 59.1 Å². The molecule has 1 aliphatic heterocycles. The third-order valence-corrected chi connectivity index (χ3v) is 4.66. The minimum absolute atomic E-state index is 0.0380. The van der Waals surface area contributed by atoms with Crippen molar-refractivity contribution in [2.75, 3.05) is 26.2 Å². The van der Waals surface area contributed by atoms with E-state index in [1.54, 1.807) is 4.90 Å². The maximum Gasteiger partial charge on any atom is 0.265 e. The first-order valence-corrected chi connectivity index (χ1v) is 8.69. The second-order valence-corrected chi connectivity index (χ2v) is 6.76. The first-order chi connectivity index (χ1) is 11.2. The summed E-state index contributed by atoms with van der Waals surface area (Å²) in [5.41, 5.74) is 5.06. The lowest BCUT2D eigenvalue weighted by Gasteiger charge is -2.32. The fourth-order valence-corrected chi connectivity index (χ4v) is 3.07. The maximum atomic E-state index is 12.2. The molecule has 4 nitrogen and oxygen atoms in total. The number of piperazine rings is 1. The summed E-state index contributed by atoms with van der Waals surface area (Å²) >= 11 is 3.38. The van der Waals surface area contributed by atoms with Crippen LogP contribution in [-0.2, 0) is 6.54 Å². The van der Waals surface area contributed by atoms with Crippen molar-refractivity contribution in [1.29, 1.82) is 0 Å². The molecule has 1 amide bonds. The summed E-state index contributed by atoms with van der Waals surface area (Å²) in [4.78, 5) is 13.8. The topological polar surface area (TPSA) is 36.8 Å². The van der Waals surface area contributed by atoms with Gasteiger partial charge in [-0.2, -0.15) is 0 Å². The van der Waals surface area contributed by atoms with E-state index in [1.165, 1.54) is 5.56 Å². The van der Waals surface area contributed by atoms with Gasteiger partial charge in [-0.3, -0.25) is 10.2 Å². The van der Waals surface area contributed by atoms with Gasteiger partial charge >= 0.3 is 0 Å². The van der Waals surface area contributed by atoms with Gasteiger partial charge in [-0.1, -0.05) is 46.3 Å². The predicted octanol–water partition coefficient (Wildman–Crippen LogP) is 1.49. The van der Waals surface area contributed by atoms with Crippen LogP contribution in [0.2, 0.25) is 0 Å². The Labute approximate surface area is 145 Å². The molecular formula is C18H21BrN3O+. The number of nitrogens with one attached hydrogen (secondary N) is 2. The minimum Gasteiger partial charge on any atom is -0.329 e. The van der Waals surface area contributed by atoms with Crippen molar-refractivity contribution in [1.82, 2.24) is 10.4 Å². The highest BCUT2D eigenvalue weighted by Crippen LogP contribution is 2.10. The normalized spacial score (nSPS) is 16.2. The Morgan fingerprint density at radius 1 is 1.04 bits per heavy atom. The third-order valence-electron chi connectivity index (χ3n) is 4.13. The van der Waals surface area contributed by atoms with Crippen molar-refractivity contribution < 1.29 is 9.69 Å². The Kier molecular flexibility index (Phi) is 5.43. The lowest BCUT2D eigenvalue weighted by Crippen LogP contribution is -3.13. The van der Waals surface area contributed by atoms with Crippen LogP contribution < -0.4 is 10.3 Å².